The summed E-state index contributed by atoms with van der Waals surface area (Å²) in [6.45, 7) is 5.90. The van der Waals surface area contributed by atoms with Crippen molar-refractivity contribution >= 4 is 0 Å². The lowest BCUT2D eigenvalue weighted by molar-refractivity contribution is 0.0561. The van der Waals surface area contributed by atoms with Crippen LogP contribution in [-0.4, -0.2) is 32.6 Å². The third kappa shape index (κ3) is 4.34. The summed E-state index contributed by atoms with van der Waals surface area (Å²) in [6.07, 6.45) is 3.72. The summed E-state index contributed by atoms with van der Waals surface area (Å²) in [6, 6.07) is 20.6. The maximum absolute atomic E-state index is 10.7. The number of benzene rings is 2. The predicted octanol–water partition coefficient (Wildman–Crippen LogP) is 4.19. The van der Waals surface area contributed by atoms with Crippen LogP contribution >= 0.6 is 0 Å². The SMILES string of the molecule is Cc1ncc(CN2CCC(C(O)c3ccccc3)CC2)n1Cc1ccccc1. The number of rotatable bonds is 6. The maximum atomic E-state index is 10.7. The Kier molecular flexibility index (Phi) is 5.89. The number of hydrogen-bond acceptors (Lipinski definition) is 3. The maximum Gasteiger partial charge on any atom is 0.106 e. The first-order valence-corrected chi connectivity index (χ1v) is 10.2. The van der Waals surface area contributed by atoms with Crippen LogP contribution in [0.3, 0.4) is 0 Å². The highest BCUT2D eigenvalue weighted by atomic mass is 16.3. The lowest BCUT2D eigenvalue weighted by atomic mass is 9.87. The molecule has 4 heteroatoms. The fourth-order valence-corrected chi connectivity index (χ4v) is 4.20. The summed E-state index contributed by atoms with van der Waals surface area (Å²) < 4.78 is 2.32. The number of likely N-dealkylation sites (tertiary alicyclic amines) is 1. The van der Waals surface area contributed by atoms with Gasteiger partial charge in [-0.2, -0.15) is 0 Å². The van der Waals surface area contributed by atoms with Gasteiger partial charge in [-0.15, -0.1) is 0 Å². The minimum Gasteiger partial charge on any atom is -0.388 e. The Bertz CT molecular complexity index is 867. The molecule has 0 saturated carbocycles. The molecule has 1 N–H and O–H groups in total. The number of aryl methyl sites for hydroxylation is 1. The molecule has 0 spiro atoms. The second-order valence-electron chi connectivity index (χ2n) is 7.84. The molecular formula is C24H29N3O. The first-order chi connectivity index (χ1) is 13.7. The van der Waals surface area contributed by atoms with Crippen molar-refractivity contribution < 1.29 is 5.11 Å². The lowest BCUT2D eigenvalue weighted by Gasteiger charge is -2.34. The average molecular weight is 376 g/mol. The Morgan fingerprint density at radius 2 is 1.61 bits per heavy atom. The molecule has 3 aromatic rings. The molecule has 0 amide bonds. The number of piperidine rings is 1. The Labute approximate surface area is 167 Å². The smallest absolute Gasteiger partial charge is 0.106 e. The van der Waals surface area contributed by atoms with E-state index in [4.69, 9.17) is 0 Å². The summed E-state index contributed by atoms with van der Waals surface area (Å²) in [4.78, 5) is 7.05. The molecule has 146 valence electrons. The zero-order chi connectivity index (χ0) is 19.3. The van der Waals surface area contributed by atoms with Crippen molar-refractivity contribution in [2.24, 2.45) is 5.92 Å². The highest BCUT2D eigenvalue weighted by Gasteiger charge is 2.26. The first kappa shape index (κ1) is 18.9. The van der Waals surface area contributed by atoms with Gasteiger partial charge in [-0.25, -0.2) is 4.98 Å². The van der Waals surface area contributed by atoms with Crippen molar-refractivity contribution in [3.8, 4) is 0 Å². The molecule has 2 heterocycles. The van der Waals surface area contributed by atoms with Gasteiger partial charge >= 0.3 is 0 Å². The molecule has 1 fully saturated rings. The van der Waals surface area contributed by atoms with E-state index in [1.807, 2.05) is 36.5 Å². The van der Waals surface area contributed by atoms with E-state index >= 15 is 0 Å². The van der Waals surface area contributed by atoms with Gasteiger partial charge < -0.3 is 9.67 Å². The topological polar surface area (TPSA) is 41.3 Å². The van der Waals surface area contributed by atoms with Crippen LogP contribution in [0.15, 0.2) is 66.9 Å². The van der Waals surface area contributed by atoms with E-state index in [9.17, 15) is 5.11 Å². The van der Waals surface area contributed by atoms with E-state index < -0.39 is 0 Å². The molecule has 1 aliphatic rings. The van der Waals surface area contributed by atoms with Crippen LogP contribution in [0.25, 0.3) is 0 Å². The molecule has 0 radical (unpaired) electrons. The van der Waals surface area contributed by atoms with Gasteiger partial charge in [-0.3, -0.25) is 4.90 Å². The van der Waals surface area contributed by atoms with Crippen molar-refractivity contribution in [1.82, 2.24) is 14.5 Å². The summed E-state index contributed by atoms with van der Waals surface area (Å²) in [5.41, 5.74) is 3.61. The van der Waals surface area contributed by atoms with Crippen molar-refractivity contribution in [3.63, 3.8) is 0 Å². The Balaban J connectivity index is 1.36. The molecule has 4 nitrogen and oxygen atoms in total. The lowest BCUT2D eigenvalue weighted by Crippen LogP contribution is -2.35. The van der Waals surface area contributed by atoms with Gasteiger partial charge in [0, 0.05) is 19.3 Å². The molecule has 1 unspecified atom stereocenters. The van der Waals surface area contributed by atoms with E-state index in [2.05, 4.69) is 51.7 Å². The van der Waals surface area contributed by atoms with Crippen molar-refractivity contribution in [2.45, 2.75) is 39.0 Å². The molecule has 1 saturated heterocycles. The summed E-state index contributed by atoms with van der Waals surface area (Å²) in [5.74, 6) is 1.41. The highest BCUT2D eigenvalue weighted by molar-refractivity contribution is 5.19. The van der Waals surface area contributed by atoms with E-state index in [-0.39, 0.29) is 6.10 Å². The number of hydrogen-bond donors (Lipinski definition) is 1. The Morgan fingerprint density at radius 3 is 2.29 bits per heavy atom. The van der Waals surface area contributed by atoms with Gasteiger partial charge in [0.05, 0.1) is 11.8 Å². The van der Waals surface area contributed by atoms with E-state index in [0.717, 1.165) is 50.4 Å². The number of nitrogens with zero attached hydrogens (tertiary/aromatic N) is 3. The standard InChI is InChI=1S/C24H29N3O/c1-19-25-16-23(27(19)17-20-8-4-2-5-9-20)18-26-14-12-22(13-15-26)24(28)21-10-6-3-7-11-21/h2-11,16,22,24,28H,12-15,17-18H2,1H3. The molecular weight excluding hydrogens is 346 g/mol. The molecule has 1 atom stereocenters. The highest BCUT2D eigenvalue weighted by Crippen LogP contribution is 2.31. The minimum atomic E-state index is -0.353. The van der Waals surface area contributed by atoms with E-state index in [1.165, 1.54) is 11.3 Å². The number of aliphatic hydroxyl groups excluding tert-OH is 1. The normalized spacial score (nSPS) is 16.9. The Hall–Kier alpha value is -2.43. The zero-order valence-corrected chi connectivity index (χ0v) is 16.5. The molecule has 1 aliphatic heterocycles. The monoisotopic (exact) mass is 375 g/mol. The molecule has 28 heavy (non-hydrogen) atoms. The predicted molar refractivity (Wildman–Crippen MR) is 112 cm³/mol. The largest absolute Gasteiger partial charge is 0.388 e. The molecule has 0 bridgehead atoms. The van der Waals surface area contributed by atoms with Crippen LogP contribution in [0.2, 0.25) is 0 Å². The Morgan fingerprint density at radius 1 is 0.964 bits per heavy atom. The van der Waals surface area contributed by atoms with Crippen LogP contribution in [0.1, 0.15) is 41.6 Å². The average Bonchev–Trinajstić information content (AvgIpc) is 3.09. The van der Waals surface area contributed by atoms with Gasteiger partial charge in [-0.05, 0) is 49.9 Å². The quantitative estimate of drug-likeness (QED) is 0.702. The van der Waals surface area contributed by atoms with Crippen LogP contribution in [0, 0.1) is 12.8 Å². The van der Waals surface area contributed by atoms with Gasteiger partial charge in [0.1, 0.15) is 5.82 Å². The first-order valence-electron chi connectivity index (χ1n) is 10.2. The van der Waals surface area contributed by atoms with E-state index in [1.54, 1.807) is 0 Å². The number of aliphatic hydroxyl groups is 1. The third-order valence-electron chi connectivity index (χ3n) is 5.93. The van der Waals surface area contributed by atoms with Gasteiger partial charge in [0.15, 0.2) is 0 Å². The van der Waals surface area contributed by atoms with Crippen molar-refractivity contribution in [2.75, 3.05) is 13.1 Å². The van der Waals surface area contributed by atoms with Crippen LogP contribution < -0.4 is 0 Å². The fourth-order valence-electron chi connectivity index (χ4n) is 4.20. The molecule has 4 rings (SSSR count). The van der Waals surface area contributed by atoms with Crippen LogP contribution in [-0.2, 0) is 13.1 Å². The molecule has 1 aromatic heterocycles. The zero-order valence-electron chi connectivity index (χ0n) is 16.5. The minimum absolute atomic E-state index is 0.342. The number of aromatic nitrogens is 2. The van der Waals surface area contributed by atoms with Crippen molar-refractivity contribution in [1.29, 1.82) is 0 Å². The van der Waals surface area contributed by atoms with Gasteiger partial charge in [0.2, 0.25) is 0 Å². The van der Waals surface area contributed by atoms with Gasteiger partial charge in [-0.1, -0.05) is 60.7 Å². The van der Waals surface area contributed by atoms with E-state index in [0.29, 0.717) is 5.92 Å². The number of imidazole rings is 1. The van der Waals surface area contributed by atoms with Crippen LogP contribution in [0.5, 0.6) is 0 Å². The molecule has 0 aliphatic carbocycles. The summed E-state index contributed by atoms with van der Waals surface area (Å²) >= 11 is 0. The molecule has 2 aromatic carbocycles. The fraction of sp³-hybridized carbons (Fsp3) is 0.375. The van der Waals surface area contributed by atoms with Crippen LogP contribution in [0.4, 0.5) is 0 Å². The summed E-state index contributed by atoms with van der Waals surface area (Å²) in [5, 5.41) is 10.7. The van der Waals surface area contributed by atoms with Gasteiger partial charge in [0.25, 0.3) is 0 Å². The summed E-state index contributed by atoms with van der Waals surface area (Å²) in [7, 11) is 0. The second kappa shape index (κ2) is 8.72. The second-order valence-corrected chi connectivity index (χ2v) is 7.84. The third-order valence-corrected chi connectivity index (χ3v) is 5.93. The van der Waals surface area contributed by atoms with Crippen molar-refractivity contribution in [3.05, 3.63) is 89.5 Å².